The van der Waals surface area contributed by atoms with E-state index in [-0.39, 0.29) is 12.5 Å². The van der Waals surface area contributed by atoms with Crippen molar-refractivity contribution in [2.24, 2.45) is 5.10 Å². The molecule has 22 heavy (non-hydrogen) atoms. The van der Waals surface area contributed by atoms with Gasteiger partial charge in [0.1, 0.15) is 0 Å². The van der Waals surface area contributed by atoms with Crippen LogP contribution in [0.2, 0.25) is 0 Å². The fraction of sp³-hybridized carbons (Fsp3) is 0.222. The molecule has 0 saturated heterocycles. The van der Waals surface area contributed by atoms with E-state index < -0.39 is 0 Å². The lowest BCUT2D eigenvalue weighted by atomic mass is 10.1. The summed E-state index contributed by atoms with van der Waals surface area (Å²) in [7, 11) is 0. The standard InChI is InChI=1S/C18H21N3O/c1-3-15-6-8-16(9-7-15)12-20-21-18(22)13-19-17-10-4-14(2)5-11-17/h4-12,19H,3,13H2,1-2H3,(H,21,22)/b20-12-. The Hall–Kier alpha value is -2.62. The van der Waals surface area contributed by atoms with Gasteiger partial charge in [0.2, 0.25) is 0 Å². The molecular formula is C18H21N3O. The van der Waals surface area contributed by atoms with E-state index in [2.05, 4.69) is 34.9 Å². The number of anilines is 1. The quantitative estimate of drug-likeness (QED) is 0.635. The van der Waals surface area contributed by atoms with Crippen molar-refractivity contribution in [1.29, 1.82) is 0 Å². The van der Waals surface area contributed by atoms with Crippen LogP contribution in [0.3, 0.4) is 0 Å². The number of hydrogen-bond acceptors (Lipinski definition) is 3. The Labute approximate surface area is 131 Å². The zero-order valence-corrected chi connectivity index (χ0v) is 13.0. The van der Waals surface area contributed by atoms with Crippen LogP contribution in [-0.2, 0) is 11.2 Å². The molecule has 1 amide bonds. The van der Waals surface area contributed by atoms with Gasteiger partial charge in [-0.15, -0.1) is 0 Å². The van der Waals surface area contributed by atoms with Gasteiger partial charge in [-0.3, -0.25) is 4.79 Å². The molecule has 0 aromatic heterocycles. The van der Waals surface area contributed by atoms with Crippen molar-refractivity contribution in [2.75, 3.05) is 11.9 Å². The predicted molar refractivity (Wildman–Crippen MR) is 91.2 cm³/mol. The number of rotatable bonds is 6. The molecule has 0 fully saturated rings. The molecule has 4 heteroatoms. The molecule has 0 unspecified atom stereocenters. The summed E-state index contributed by atoms with van der Waals surface area (Å²) < 4.78 is 0. The average molecular weight is 295 g/mol. The third kappa shape index (κ3) is 5.05. The van der Waals surface area contributed by atoms with Gasteiger partial charge < -0.3 is 5.32 Å². The first-order chi connectivity index (χ1) is 10.7. The van der Waals surface area contributed by atoms with E-state index >= 15 is 0 Å². The minimum absolute atomic E-state index is 0.179. The van der Waals surface area contributed by atoms with Crippen LogP contribution < -0.4 is 10.7 Å². The topological polar surface area (TPSA) is 53.5 Å². The van der Waals surface area contributed by atoms with Gasteiger partial charge in [0.15, 0.2) is 0 Å². The number of hydrazone groups is 1. The van der Waals surface area contributed by atoms with Gasteiger partial charge in [-0.1, -0.05) is 48.9 Å². The first-order valence-corrected chi connectivity index (χ1v) is 7.39. The Balaban J connectivity index is 1.76. The Morgan fingerprint density at radius 1 is 1.09 bits per heavy atom. The molecule has 2 rings (SSSR count). The maximum Gasteiger partial charge on any atom is 0.259 e. The second-order valence-electron chi connectivity index (χ2n) is 5.11. The summed E-state index contributed by atoms with van der Waals surface area (Å²) in [6.45, 7) is 4.33. The van der Waals surface area contributed by atoms with E-state index in [1.807, 2.05) is 43.3 Å². The van der Waals surface area contributed by atoms with Crippen molar-refractivity contribution in [3.05, 3.63) is 65.2 Å². The summed E-state index contributed by atoms with van der Waals surface area (Å²) in [6.07, 6.45) is 2.65. The van der Waals surface area contributed by atoms with E-state index in [0.717, 1.165) is 17.7 Å². The molecule has 114 valence electrons. The number of benzene rings is 2. The number of nitrogens with zero attached hydrogens (tertiary/aromatic N) is 1. The molecule has 0 radical (unpaired) electrons. The molecule has 0 aliphatic rings. The van der Waals surface area contributed by atoms with E-state index in [1.54, 1.807) is 6.21 Å². The van der Waals surface area contributed by atoms with Crippen LogP contribution in [0, 0.1) is 6.92 Å². The van der Waals surface area contributed by atoms with Gasteiger partial charge in [0.25, 0.3) is 5.91 Å². The van der Waals surface area contributed by atoms with E-state index in [0.29, 0.717) is 0 Å². The largest absolute Gasteiger partial charge is 0.376 e. The van der Waals surface area contributed by atoms with Crippen molar-refractivity contribution in [3.63, 3.8) is 0 Å². The lowest BCUT2D eigenvalue weighted by molar-refractivity contribution is -0.119. The highest BCUT2D eigenvalue weighted by molar-refractivity contribution is 5.84. The van der Waals surface area contributed by atoms with Gasteiger partial charge in [0.05, 0.1) is 12.8 Å². The minimum atomic E-state index is -0.179. The van der Waals surface area contributed by atoms with Crippen LogP contribution in [0.1, 0.15) is 23.6 Å². The van der Waals surface area contributed by atoms with Crippen LogP contribution >= 0.6 is 0 Å². The van der Waals surface area contributed by atoms with Crippen molar-refractivity contribution >= 4 is 17.8 Å². The molecular weight excluding hydrogens is 274 g/mol. The minimum Gasteiger partial charge on any atom is -0.376 e. The maximum absolute atomic E-state index is 11.7. The Morgan fingerprint density at radius 3 is 2.41 bits per heavy atom. The van der Waals surface area contributed by atoms with Gasteiger partial charge >= 0.3 is 0 Å². The predicted octanol–water partition coefficient (Wildman–Crippen LogP) is 3.12. The normalized spacial score (nSPS) is 10.6. The number of aryl methyl sites for hydroxylation is 2. The highest BCUT2D eigenvalue weighted by atomic mass is 16.2. The average Bonchev–Trinajstić information content (AvgIpc) is 2.55. The molecule has 2 aromatic carbocycles. The van der Waals surface area contributed by atoms with Crippen LogP contribution in [0.15, 0.2) is 53.6 Å². The van der Waals surface area contributed by atoms with Crippen LogP contribution in [-0.4, -0.2) is 18.7 Å². The van der Waals surface area contributed by atoms with Gasteiger partial charge in [0, 0.05) is 5.69 Å². The van der Waals surface area contributed by atoms with E-state index in [4.69, 9.17) is 0 Å². The summed E-state index contributed by atoms with van der Waals surface area (Å²) >= 11 is 0. The highest BCUT2D eigenvalue weighted by Crippen LogP contribution is 2.07. The van der Waals surface area contributed by atoms with Gasteiger partial charge in [-0.2, -0.15) is 5.10 Å². The Morgan fingerprint density at radius 2 is 1.77 bits per heavy atom. The lowest BCUT2D eigenvalue weighted by Crippen LogP contribution is -2.25. The van der Waals surface area contributed by atoms with Crippen LogP contribution in [0.4, 0.5) is 5.69 Å². The second kappa shape index (κ2) is 7.98. The number of amides is 1. The number of nitrogens with one attached hydrogen (secondary N) is 2. The summed E-state index contributed by atoms with van der Waals surface area (Å²) in [6, 6.07) is 16.0. The monoisotopic (exact) mass is 295 g/mol. The van der Waals surface area contributed by atoms with Crippen molar-refractivity contribution in [2.45, 2.75) is 20.3 Å². The molecule has 0 aliphatic heterocycles. The fourth-order valence-corrected chi connectivity index (χ4v) is 1.91. The first-order valence-electron chi connectivity index (χ1n) is 7.39. The van der Waals surface area contributed by atoms with Crippen molar-refractivity contribution in [1.82, 2.24) is 5.43 Å². The van der Waals surface area contributed by atoms with Gasteiger partial charge in [-0.05, 0) is 36.6 Å². The van der Waals surface area contributed by atoms with Crippen LogP contribution in [0.25, 0.3) is 0 Å². The second-order valence-corrected chi connectivity index (χ2v) is 5.11. The summed E-state index contributed by atoms with van der Waals surface area (Å²) in [5.74, 6) is -0.179. The SMILES string of the molecule is CCc1ccc(/C=N\NC(=O)CNc2ccc(C)cc2)cc1. The molecule has 0 spiro atoms. The van der Waals surface area contributed by atoms with E-state index in [9.17, 15) is 4.79 Å². The van der Waals surface area contributed by atoms with E-state index in [1.165, 1.54) is 11.1 Å². The molecule has 0 heterocycles. The molecule has 0 saturated carbocycles. The summed E-state index contributed by atoms with van der Waals surface area (Å²) in [4.78, 5) is 11.7. The maximum atomic E-state index is 11.7. The third-order valence-corrected chi connectivity index (χ3v) is 3.30. The summed E-state index contributed by atoms with van der Waals surface area (Å²) in [5.41, 5.74) is 6.86. The van der Waals surface area contributed by atoms with Crippen molar-refractivity contribution < 1.29 is 4.79 Å². The van der Waals surface area contributed by atoms with Gasteiger partial charge in [-0.25, -0.2) is 5.43 Å². The third-order valence-electron chi connectivity index (χ3n) is 3.30. The Kier molecular flexibility index (Phi) is 5.72. The molecule has 0 bridgehead atoms. The van der Waals surface area contributed by atoms with Crippen LogP contribution in [0.5, 0.6) is 0 Å². The molecule has 4 nitrogen and oxygen atoms in total. The zero-order chi connectivity index (χ0) is 15.8. The first kappa shape index (κ1) is 15.8. The Bertz CT molecular complexity index is 630. The molecule has 0 aliphatic carbocycles. The molecule has 0 atom stereocenters. The lowest BCUT2D eigenvalue weighted by Gasteiger charge is -2.05. The summed E-state index contributed by atoms with van der Waals surface area (Å²) in [5, 5.41) is 7.01. The fourth-order valence-electron chi connectivity index (χ4n) is 1.91. The number of hydrogen-bond donors (Lipinski definition) is 2. The molecule has 2 N–H and O–H groups in total. The van der Waals surface area contributed by atoms with Crippen molar-refractivity contribution in [3.8, 4) is 0 Å². The number of carbonyl (C=O) groups is 1. The smallest absolute Gasteiger partial charge is 0.259 e. The zero-order valence-electron chi connectivity index (χ0n) is 13.0. The highest BCUT2D eigenvalue weighted by Gasteiger charge is 1.99. The molecule has 2 aromatic rings. The number of carbonyl (C=O) groups excluding carboxylic acids is 1.